The van der Waals surface area contributed by atoms with Gasteiger partial charge in [0, 0.05) is 25.1 Å². The second kappa shape index (κ2) is 7.31. The normalized spacial score (nSPS) is 15.2. The van der Waals surface area contributed by atoms with E-state index in [1.807, 2.05) is 6.08 Å². The fourth-order valence-corrected chi connectivity index (χ4v) is 3.90. The lowest BCUT2D eigenvalue weighted by Gasteiger charge is -2.28. The summed E-state index contributed by atoms with van der Waals surface area (Å²) in [5.74, 6) is -12.3. The van der Waals surface area contributed by atoms with Crippen LogP contribution >= 0.6 is 0 Å². The first-order chi connectivity index (χ1) is 14.1. The van der Waals surface area contributed by atoms with Crippen LogP contribution in [0.15, 0.2) is 29.4 Å². The number of imidazole rings is 1. The van der Waals surface area contributed by atoms with Gasteiger partial charge in [0.2, 0.25) is 0 Å². The highest BCUT2D eigenvalue weighted by atomic mass is 32.2. The van der Waals surface area contributed by atoms with Crippen LogP contribution in [0.1, 0.15) is 24.6 Å². The van der Waals surface area contributed by atoms with Gasteiger partial charge in [0.15, 0.2) is 15.7 Å². The van der Waals surface area contributed by atoms with Crippen LogP contribution in [0.5, 0.6) is 0 Å². The van der Waals surface area contributed by atoms with Gasteiger partial charge in [-0.15, -0.1) is 0 Å². The standard InChI is InChI=1S/C18H16F7N3O2S/c1-3-31(29,30)13-6-11(10-4-5-10)8-26-14(13)15-27-9-12(28(15)2)7-16(19,20)17(21,22)18(23,24)25/h4,6,8-9H,3,5,7H2,1-2H3. The van der Waals surface area contributed by atoms with E-state index in [0.29, 0.717) is 18.2 Å². The van der Waals surface area contributed by atoms with Crippen molar-refractivity contribution in [2.75, 3.05) is 5.75 Å². The molecule has 0 fully saturated rings. The fraction of sp³-hybridized carbons (Fsp3) is 0.444. The van der Waals surface area contributed by atoms with E-state index in [4.69, 9.17) is 0 Å². The van der Waals surface area contributed by atoms with Gasteiger partial charge >= 0.3 is 18.0 Å². The molecule has 0 N–H and O–H groups in total. The monoisotopic (exact) mass is 471 g/mol. The van der Waals surface area contributed by atoms with Crippen LogP contribution < -0.4 is 0 Å². The van der Waals surface area contributed by atoms with Gasteiger partial charge in [0.25, 0.3) is 0 Å². The summed E-state index contributed by atoms with van der Waals surface area (Å²) in [6, 6.07) is 1.35. The summed E-state index contributed by atoms with van der Waals surface area (Å²) in [6.45, 7) is 1.38. The summed E-state index contributed by atoms with van der Waals surface area (Å²) in [6.07, 6.45) is -3.89. The lowest BCUT2D eigenvalue weighted by Crippen LogP contribution is -2.53. The van der Waals surface area contributed by atoms with Crippen LogP contribution in [-0.2, 0) is 23.3 Å². The zero-order valence-corrected chi connectivity index (χ0v) is 17.0. The molecule has 0 amide bonds. The highest BCUT2D eigenvalue weighted by Gasteiger charge is 2.72. The van der Waals surface area contributed by atoms with Gasteiger partial charge in [0.05, 0.1) is 17.1 Å². The summed E-state index contributed by atoms with van der Waals surface area (Å²) in [7, 11) is -2.75. The van der Waals surface area contributed by atoms with Crippen molar-refractivity contribution in [2.45, 2.75) is 42.7 Å². The van der Waals surface area contributed by atoms with E-state index >= 15 is 0 Å². The number of pyridine rings is 1. The van der Waals surface area contributed by atoms with Crippen molar-refractivity contribution >= 4 is 15.4 Å². The van der Waals surface area contributed by atoms with Crippen molar-refractivity contribution in [3.05, 3.63) is 35.8 Å². The molecular formula is C18H16F7N3O2S. The molecule has 0 atom stereocenters. The molecule has 0 radical (unpaired) electrons. The Morgan fingerprint density at radius 3 is 2.19 bits per heavy atom. The van der Waals surface area contributed by atoms with Gasteiger partial charge < -0.3 is 4.57 Å². The Morgan fingerprint density at radius 1 is 1.06 bits per heavy atom. The summed E-state index contributed by atoms with van der Waals surface area (Å²) in [5, 5.41) is 0. The predicted octanol–water partition coefficient (Wildman–Crippen LogP) is 4.44. The van der Waals surface area contributed by atoms with Crippen molar-refractivity contribution in [1.82, 2.24) is 14.5 Å². The third kappa shape index (κ3) is 4.06. The van der Waals surface area contributed by atoms with E-state index in [0.717, 1.165) is 17.2 Å². The summed E-state index contributed by atoms with van der Waals surface area (Å²) >= 11 is 0. The first kappa shape index (κ1) is 23.2. The van der Waals surface area contributed by atoms with Crippen molar-refractivity contribution < 1.29 is 39.2 Å². The molecule has 0 unspecified atom stereocenters. The highest BCUT2D eigenvalue weighted by Crippen LogP contribution is 2.48. The van der Waals surface area contributed by atoms with Crippen molar-refractivity contribution in [1.29, 1.82) is 0 Å². The molecule has 0 saturated carbocycles. The Morgan fingerprint density at radius 2 is 1.68 bits per heavy atom. The number of aromatic nitrogens is 3. The van der Waals surface area contributed by atoms with Crippen LogP contribution in [0.25, 0.3) is 17.1 Å². The van der Waals surface area contributed by atoms with Crippen LogP contribution in [0.2, 0.25) is 0 Å². The quantitative estimate of drug-likeness (QED) is 0.561. The summed E-state index contributed by atoms with van der Waals surface area (Å²) in [4.78, 5) is 7.60. The Kier molecular flexibility index (Phi) is 5.48. The largest absolute Gasteiger partial charge is 0.459 e. The van der Waals surface area contributed by atoms with Crippen molar-refractivity contribution in [3.63, 3.8) is 0 Å². The average Bonchev–Trinajstić information content (AvgIpc) is 3.45. The molecular weight excluding hydrogens is 455 g/mol. The fourth-order valence-electron chi connectivity index (χ4n) is 2.84. The molecule has 2 aromatic heterocycles. The zero-order valence-electron chi connectivity index (χ0n) is 16.1. The summed E-state index contributed by atoms with van der Waals surface area (Å²) < 4.78 is 117. The van der Waals surface area contributed by atoms with Gasteiger partial charge in [-0.1, -0.05) is 13.0 Å². The van der Waals surface area contributed by atoms with Gasteiger partial charge in [-0.2, -0.15) is 30.7 Å². The first-order valence-electron chi connectivity index (χ1n) is 8.88. The van der Waals surface area contributed by atoms with Gasteiger partial charge in [-0.3, -0.25) is 4.98 Å². The van der Waals surface area contributed by atoms with Gasteiger partial charge in [-0.05, 0) is 23.6 Å². The number of hydrogen-bond donors (Lipinski definition) is 0. The topological polar surface area (TPSA) is 64.8 Å². The SMILES string of the molecule is CCS(=O)(=O)c1cc(C2=CC2)cnc1-c1ncc(CC(F)(F)C(F)(F)C(F)(F)F)n1C. The zero-order chi connectivity index (χ0) is 23.4. The molecule has 170 valence electrons. The van der Waals surface area contributed by atoms with Gasteiger partial charge in [-0.25, -0.2) is 13.4 Å². The second-order valence-corrected chi connectivity index (χ2v) is 9.24. The molecule has 0 aromatic carbocycles. The second-order valence-electron chi connectivity index (χ2n) is 6.99. The van der Waals surface area contributed by atoms with Crippen LogP contribution in [-0.4, -0.2) is 46.7 Å². The molecule has 0 aliphatic heterocycles. The number of nitrogens with zero attached hydrogens (tertiary/aromatic N) is 3. The number of hydrogen-bond acceptors (Lipinski definition) is 4. The van der Waals surface area contributed by atoms with Gasteiger partial charge in [0.1, 0.15) is 5.69 Å². The molecule has 0 saturated heterocycles. The Bertz CT molecular complexity index is 1150. The number of rotatable bonds is 7. The molecule has 3 rings (SSSR count). The molecule has 2 aromatic rings. The lowest BCUT2D eigenvalue weighted by molar-refractivity contribution is -0.354. The number of halogens is 7. The molecule has 5 nitrogen and oxygen atoms in total. The molecule has 1 aliphatic carbocycles. The van der Waals surface area contributed by atoms with Crippen LogP contribution in [0.3, 0.4) is 0 Å². The maximum absolute atomic E-state index is 13.8. The smallest absolute Gasteiger partial charge is 0.330 e. The van der Waals surface area contributed by atoms with Crippen molar-refractivity contribution in [3.8, 4) is 11.5 Å². The van der Waals surface area contributed by atoms with Crippen LogP contribution in [0.4, 0.5) is 30.7 Å². The highest BCUT2D eigenvalue weighted by molar-refractivity contribution is 7.91. The molecule has 2 heterocycles. The minimum atomic E-state index is -6.45. The van der Waals surface area contributed by atoms with Crippen molar-refractivity contribution in [2.24, 2.45) is 7.05 Å². The molecule has 31 heavy (non-hydrogen) atoms. The van der Waals surface area contributed by atoms with E-state index in [1.54, 1.807) is 0 Å². The third-order valence-electron chi connectivity index (χ3n) is 4.86. The number of allylic oxidation sites excluding steroid dienone is 2. The Labute approximate surface area is 172 Å². The summed E-state index contributed by atoms with van der Waals surface area (Å²) in [5.41, 5.74) is 0.536. The minimum Gasteiger partial charge on any atom is -0.330 e. The maximum Gasteiger partial charge on any atom is 0.459 e. The number of alkyl halides is 7. The molecule has 1 aliphatic rings. The molecule has 0 spiro atoms. The number of sulfone groups is 1. The van der Waals surface area contributed by atoms with E-state index in [1.165, 1.54) is 19.2 Å². The predicted molar refractivity (Wildman–Crippen MR) is 96.4 cm³/mol. The maximum atomic E-state index is 13.8. The minimum absolute atomic E-state index is 0.216. The van der Waals surface area contributed by atoms with E-state index in [-0.39, 0.29) is 22.2 Å². The Balaban J connectivity index is 2.05. The lowest BCUT2D eigenvalue weighted by atomic mass is 10.1. The van der Waals surface area contributed by atoms with E-state index in [2.05, 4.69) is 9.97 Å². The average molecular weight is 471 g/mol. The Hall–Kier alpha value is -2.44. The first-order valence-corrected chi connectivity index (χ1v) is 10.5. The molecule has 0 bridgehead atoms. The van der Waals surface area contributed by atoms with Crippen LogP contribution in [0, 0.1) is 0 Å². The molecule has 13 heteroatoms. The van der Waals surface area contributed by atoms with E-state index in [9.17, 15) is 39.2 Å². The third-order valence-corrected chi connectivity index (χ3v) is 6.60. The van der Waals surface area contributed by atoms with E-state index < -0.39 is 40.0 Å².